The molecule has 0 saturated carbocycles. The minimum absolute atomic E-state index is 0.146. The number of alkyl halides is 3. The Kier molecular flexibility index (Phi) is 3.10. The molecule has 0 aliphatic rings. The molecule has 1 aromatic rings. The lowest BCUT2D eigenvalue weighted by molar-refractivity contribution is -0.137. The van der Waals surface area contributed by atoms with Gasteiger partial charge in [-0.2, -0.15) is 13.2 Å². The monoisotopic (exact) mass is 232 g/mol. The molecule has 0 bridgehead atoms. The second-order valence-electron chi connectivity index (χ2n) is 3.70. The van der Waals surface area contributed by atoms with Gasteiger partial charge in [-0.25, -0.2) is 0 Å². The summed E-state index contributed by atoms with van der Waals surface area (Å²) in [6, 6.07) is 3.88. The van der Waals surface area contributed by atoms with Gasteiger partial charge in [0.2, 0.25) is 0 Å². The smallest absolute Gasteiger partial charge is 0.378 e. The number of carbonyl (C=O) groups excluding carboxylic acids is 1. The minimum Gasteiger partial charge on any atom is -0.378 e. The highest BCUT2D eigenvalue weighted by Gasteiger charge is 2.32. The molecule has 0 aromatic heterocycles. The Hall–Kier alpha value is -1.36. The van der Waals surface area contributed by atoms with E-state index in [1.807, 2.05) is 0 Å². The van der Waals surface area contributed by atoms with Gasteiger partial charge >= 0.3 is 6.18 Å². The number of hydrogen-bond donors (Lipinski definition) is 1. The van der Waals surface area contributed by atoms with E-state index in [1.54, 1.807) is 0 Å². The first-order chi connectivity index (χ1) is 7.15. The van der Waals surface area contributed by atoms with Crippen LogP contribution in [0.15, 0.2) is 24.3 Å². The van der Waals surface area contributed by atoms with Crippen LogP contribution in [0, 0.1) is 0 Å². The fourth-order valence-corrected chi connectivity index (χ4v) is 1.19. The zero-order valence-corrected chi connectivity index (χ0v) is 8.80. The molecule has 0 fully saturated rings. The van der Waals surface area contributed by atoms with Crippen LogP contribution in [0.4, 0.5) is 13.2 Å². The molecule has 1 aromatic carbocycles. The first kappa shape index (κ1) is 12.7. The third-order valence-electron chi connectivity index (χ3n) is 2.46. The number of hydrogen-bond acceptors (Lipinski definition) is 2. The van der Waals surface area contributed by atoms with Crippen molar-refractivity contribution in [1.82, 2.24) is 0 Å². The van der Waals surface area contributed by atoms with Crippen molar-refractivity contribution in [2.75, 3.05) is 0 Å². The Balaban J connectivity index is 3.09. The summed E-state index contributed by atoms with van der Waals surface area (Å²) in [7, 11) is 0. The van der Waals surface area contributed by atoms with Crippen molar-refractivity contribution < 1.29 is 23.1 Å². The lowest BCUT2D eigenvalue weighted by atomic mass is 9.91. The molecule has 1 N–H and O–H groups in total. The lowest BCUT2D eigenvalue weighted by Gasteiger charge is -2.20. The van der Waals surface area contributed by atoms with Crippen LogP contribution in [-0.2, 0) is 16.6 Å². The molecule has 0 saturated heterocycles. The van der Waals surface area contributed by atoms with Crippen LogP contribution in [0.5, 0.6) is 0 Å². The number of rotatable bonds is 2. The summed E-state index contributed by atoms with van der Waals surface area (Å²) in [5, 5.41) is 9.73. The van der Waals surface area contributed by atoms with Crippen molar-refractivity contribution in [1.29, 1.82) is 0 Å². The SMILES string of the molecule is CC(=O)C(C)(O)c1ccc(C(F)(F)F)cc1. The average molecular weight is 232 g/mol. The third-order valence-corrected chi connectivity index (χ3v) is 2.46. The molecule has 88 valence electrons. The van der Waals surface area contributed by atoms with Gasteiger partial charge in [0.25, 0.3) is 0 Å². The molecule has 0 amide bonds. The van der Waals surface area contributed by atoms with Crippen molar-refractivity contribution in [2.45, 2.75) is 25.6 Å². The Morgan fingerprint density at radius 2 is 1.50 bits per heavy atom. The van der Waals surface area contributed by atoms with Crippen molar-refractivity contribution in [3.8, 4) is 0 Å². The highest BCUT2D eigenvalue weighted by molar-refractivity contribution is 5.85. The first-order valence-electron chi connectivity index (χ1n) is 4.57. The largest absolute Gasteiger partial charge is 0.416 e. The molecule has 0 radical (unpaired) electrons. The van der Waals surface area contributed by atoms with Gasteiger partial charge in [-0.05, 0) is 31.5 Å². The standard InChI is InChI=1S/C11H11F3O2/c1-7(15)10(2,16)8-3-5-9(6-4-8)11(12,13)14/h3-6,16H,1-2H3. The maximum absolute atomic E-state index is 12.2. The predicted octanol–water partition coefficient (Wildman–Crippen LogP) is 2.50. The van der Waals surface area contributed by atoms with Crippen molar-refractivity contribution in [3.05, 3.63) is 35.4 Å². The van der Waals surface area contributed by atoms with E-state index in [4.69, 9.17) is 0 Å². The molecular weight excluding hydrogens is 221 g/mol. The highest BCUT2D eigenvalue weighted by Crippen LogP contribution is 2.31. The van der Waals surface area contributed by atoms with Crippen LogP contribution >= 0.6 is 0 Å². The molecule has 0 spiro atoms. The zero-order chi connectivity index (χ0) is 12.6. The van der Waals surface area contributed by atoms with Crippen LogP contribution in [0.1, 0.15) is 25.0 Å². The maximum atomic E-state index is 12.2. The summed E-state index contributed by atoms with van der Waals surface area (Å²) in [6.07, 6.45) is -4.42. The maximum Gasteiger partial charge on any atom is 0.416 e. The summed E-state index contributed by atoms with van der Waals surface area (Å²) in [6.45, 7) is 2.43. The van der Waals surface area contributed by atoms with Gasteiger partial charge in [-0.1, -0.05) is 12.1 Å². The molecule has 2 nitrogen and oxygen atoms in total. The Bertz CT molecular complexity index is 391. The van der Waals surface area contributed by atoms with Crippen molar-refractivity contribution in [2.24, 2.45) is 0 Å². The van der Waals surface area contributed by atoms with E-state index in [0.717, 1.165) is 24.3 Å². The van der Waals surface area contributed by atoms with Gasteiger partial charge in [0.05, 0.1) is 5.56 Å². The number of ketones is 1. The van der Waals surface area contributed by atoms with E-state index in [1.165, 1.54) is 13.8 Å². The van der Waals surface area contributed by atoms with Crippen LogP contribution in [0.2, 0.25) is 0 Å². The van der Waals surface area contributed by atoms with E-state index < -0.39 is 23.1 Å². The van der Waals surface area contributed by atoms with Crippen molar-refractivity contribution >= 4 is 5.78 Å². The summed E-state index contributed by atoms with van der Waals surface area (Å²) in [5.41, 5.74) is -2.41. The molecule has 1 unspecified atom stereocenters. The second-order valence-corrected chi connectivity index (χ2v) is 3.70. The van der Waals surface area contributed by atoms with Gasteiger partial charge in [-0.3, -0.25) is 4.79 Å². The highest BCUT2D eigenvalue weighted by atomic mass is 19.4. The molecular formula is C11H11F3O2. The fraction of sp³-hybridized carbons (Fsp3) is 0.364. The lowest BCUT2D eigenvalue weighted by Crippen LogP contribution is -2.29. The normalized spacial score (nSPS) is 15.6. The van der Waals surface area contributed by atoms with Crippen LogP contribution in [0.25, 0.3) is 0 Å². The summed E-state index contributed by atoms with van der Waals surface area (Å²) >= 11 is 0. The zero-order valence-electron chi connectivity index (χ0n) is 8.80. The molecule has 0 aliphatic heterocycles. The van der Waals surface area contributed by atoms with E-state index in [9.17, 15) is 23.1 Å². The molecule has 1 atom stereocenters. The molecule has 1 rings (SSSR count). The van der Waals surface area contributed by atoms with Crippen LogP contribution in [-0.4, -0.2) is 10.9 Å². The quantitative estimate of drug-likeness (QED) is 0.850. The van der Waals surface area contributed by atoms with E-state index >= 15 is 0 Å². The van der Waals surface area contributed by atoms with Crippen molar-refractivity contribution in [3.63, 3.8) is 0 Å². The Morgan fingerprint density at radius 3 is 1.81 bits per heavy atom. The first-order valence-corrected chi connectivity index (χ1v) is 4.57. The minimum atomic E-state index is -4.42. The second kappa shape index (κ2) is 3.90. The molecule has 0 aliphatic carbocycles. The van der Waals surface area contributed by atoms with Crippen LogP contribution in [0.3, 0.4) is 0 Å². The van der Waals surface area contributed by atoms with Gasteiger partial charge in [0.15, 0.2) is 5.78 Å². The predicted molar refractivity (Wildman–Crippen MR) is 51.7 cm³/mol. The van der Waals surface area contributed by atoms with Crippen LogP contribution < -0.4 is 0 Å². The summed E-state index contributed by atoms with van der Waals surface area (Å²) in [4.78, 5) is 11.1. The van der Waals surface area contributed by atoms with E-state index in [-0.39, 0.29) is 5.56 Å². The number of carbonyl (C=O) groups is 1. The average Bonchev–Trinajstić information content (AvgIpc) is 2.16. The van der Waals surface area contributed by atoms with Gasteiger partial charge in [0, 0.05) is 0 Å². The Morgan fingerprint density at radius 1 is 1.12 bits per heavy atom. The third kappa shape index (κ3) is 2.41. The molecule has 0 heterocycles. The van der Waals surface area contributed by atoms with Gasteiger partial charge in [-0.15, -0.1) is 0 Å². The number of Topliss-reactive ketones (excluding diaryl/α,β-unsaturated/α-hetero) is 1. The number of benzene rings is 1. The fourth-order valence-electron chi connectivity index (χ4n) is 1.19. The van der Waals surface area contributed by atoms with E-state index in [2.05, 4.69) is 0 Å². The molecule has 5 heteroatoms. The number of aliphatic hydroxyl groups is 1. The van der Waals surface area contributed by atoms with Gasteiger partial charge < -0.3 is 5.11 Å². The summed E-state index contributed by atoms with van der Waals surface area (Å²) in [5.74, 6) is -0.521. The summed E-state index contributed by atoms with van der Waals surface area (Å²) < 4.78 is 36.7. The molecule has 16 heavy (non-hydrogen) atoms. The van der Waals surface area contributed by atoms with E-state index in [0.29, 0.717) is 0 Å². The Labute approximate surface area is 90.7 Å². The number of halogens is 3. The topological polar surface area (TPSA) is 37.3 Å². The van der Waals surface area contributed by atoms with Gasteiger partial charge in [0.1, 0.15) is 5.60 Å².